The molecule has 1 aliphatic rings. The number of Topliss-reactive ketones (excluding diaryl/α,β-unsaturated/α-hetero) is 1. The Labute approximate surface area is 111 Å². The zero-order valence-corrected chi connectivity index (χ0v) is 10.5. The average molecular weight is 257 g/mol. The minimum atomic E-state index is 0.125. The number of benzene rings is 1. The van der Waals surface area contributed by atoms with E-state index in [2.05, 4.69) is 10.0 Å². The number of hydrogen-bond donors (Lipinski definition) is 1. The highest BCUT2D eigenvalue weighted by molar-refractivity contribution is 6.00. The van der Waals surface area contributed by atoms with E-state index in [1.54, 1.807) is 12.1 Å². The molecule has 98 valence electrons. The van der Waals surface area contributed by atoms with Crippen LogP contribution in [0.15, 0.2) is 35.0 Å². The molecule has 0 radical (unpaired) electrons. The minimum Gasteiger partial charge on any atom is -0.396 e. The first-order valence-electron chi connectivity index (χ1n) is 6.22. The average Bonchev–Trinajstić information content (AvgIpc) is 2.44. The third kappa shape index (κ3) is 3.44. The lowest BCUT2D eigenvalue weighted by Crippen LogP contribution is -2.19. The molecule has 0 heterocycles. The fraction of sp³-hybridized carbons (Fsp3) is 0.357. The van der Waals surface area contributed by atoms with Gasteiger partial charge < -0.3 is 5.11 Å². The molecule has 1 fully saturated rings. The molecule has 1 atom stereocenters. The Balaban J connectivity index is 2.19. The Hall–Kier alpha value is -2.10. The molecule has 1 N–H and O–H groups in total. The van der Waals surface area contributed by atoms with E-state index in [1.165, 1.54) is 0 Å². The molecule has 0 aliphatic heterocycles. The Morgan fingerprint density at radius 1 is 1.42 bits per heavy atom. The summed E-state index contributed by atoms with van der Waals surface area (Å²) >= 11 is 0. The summed E-state index contributed by atoms with van der Waals surface area (Å²) in [5, 5.41) is 12.7. The van der Waals surface area contributed by atoms with Gasteiger partial charge in [0.15, 0.2) is 5.78 Å². The lowest BCUT2D eigenvalue weighted by atomic mass is 9.84. The van der Waals surface area contributed by atoms with Crippen molar-refractivity contribution in [2.45, 2.75) is 19.3 Å². The van der Waals surface area contributed by atoms with Gasteiger partial charge in [-0.15, -0.1) is 0 Å². The Morgan fingerprint density at radius 3 is 2.79 bits per heavy atom. The van der Waals surface area contributed by atoms with E-state index in [9.17, 15) is 9.90 Å². The van der Waals surface area contributed by atoms with Crippen LogP contribution in [0, 0.1) is 5.92 Å². The first-order valence-corrected chi connectivity index (χ1v) is 6.22. The SMILES string of the molecule is [N-]=[N+]=Nc1ccc(/C=C2/CC(CO)CCC2=O)cc1. The number of hydrogen-bond acceptors (Lipinski definition) is 3. The summed E-state index contributed by atoms with van der Waals surface area (Å²) in [6.07, 6.45) is 3.76. The van der Waals surface area contributed by atoms with E-state index < -0.39 is 0 Å². The molecule has 0 aromatic heterocycles. The number of rotatable bonds is 3. The van der Waals surface area contributed by atoms with Crippen LogP contribution in [-0.4, -0.2) is 17.5 Å². The molecule has 0 bridgehead atoms. The fourth-order valence-corrected chi connectivity index (χ4v) is 2.21. The second-order valence-corrected chi connectivity index (χ2v) is 4.67. The quantitative estimate of drug-likeness (QED) is 0.389. The monoisotopic (exact) mass is 257 g/mol. The van der Waals surface area contributed by atoms with Crippen LogP contribution >= 0.6 is 0 Å². The molecule has 1 unspecified atom stereocenters. The van der Waals surface area contributed by atoms with Crippen LogP contribution in [0.4, 0.5) is 5.69 Å². The molecule has 0 saturated heterocycles. The van der Waals surface area contributed by atoms with Gasteiger partial charge in [-0.25, -0.2) is 0 Å². The first-order chi connectivity index (χ1) is 9.22. The molecule has 1 saturated carbocycles. The summed E-state index contributed by atoms with van der Waals surface area (Å²) < 4.78 is 0. The summed E-state index contributed by atoms with van der Waals surface area (Å²) in [6, 6.07) is 7.05. The molecule has 0 amide bonds. The maximum absolute atomic E-state index is 11.8. The number of aliphatic hydroxyl groups excluding tert-OH is 1. The van der Waals surface area contributed by atoms with E-state index in [1.807, 2.05) is 18.2 Å². The van der Waals surface area contributed by atoms with E-state index in [0.29, 0.717) is 18.5 Å². The Bertz CT molecular complexity index is 542. The zero-order valence-electron chi connectivity index (χ0n) is 10.5. The number of carbonyl (C=O) groups is 1. The summed E-state index contributed by atoms with van der Waals surface area (Å²) in [5.41, 5.74) is 10.5. The van der Waals surface area contributed by atoms with Gasteiger partial charge in [-0.05, 0) is 41.5 Å². The number of aliphatic hydroxyl groups is 1. The summed E-state index contributed by atoms with van der Waals surface area (Å²) in [4.78, 5) is 14.5. The number of nitrogens with zero attached hydrogens (tertiary/aromatic N) is 3. The molecule has 5 nitrogen and oxygen atoms in total. The maximum Gasteiger partial charge on any atom is 0.158 e. The van der Waals surface area contributed by atoms with Crippen LogP contribution in [0.5, 0.6) is 0 Å². The zero-order chi connectivity index (χ0) is 13.7. The van der Waals surface area contributed by atoms with Gasteiger partial charge in [0.2, 0.25) is 0 Å². The number of ketones is 1. The van der Waals surface area contributed by atoms with Crippen LogP contribution in [-0.2, 0) is 4.79 Å². The molecule has 0 spiro atoms. The third-order valence-corrected chi connectivity index (χ3v) is 3.30. The van der Waals surface area contributed by atoms with Crippen LogP contribution in [0.3, 0.4) is 0 Å². The van der Waals surface area contributed by atoms with Gasteiger partial charge in [0.25, 0.3) is 0 Å². The molecule has 19 heavy (non-hydrogen) atoms. The van der Waals surface area contributed by atoms with Crippen molar-refractivity contribution in [2.24, 2.45) is 11.0 Å². The fourth-order valence-electron chi connectivity index (χ4n) is 2.21. The van der Waals surface area contributed by atoms with Gasteiger partial charge in [-0.1, -0.05) is 29.4 Å². The van der Waals surface area contributed by atoms with Gasteiger partial charge >= 0.3 is 0 Å². The summed E-state index contributed by atoms with van der Waals surface area (Å²) in [7, 11) is 0. The minimum absolute atomic E-state index is 0.125. The van der Waals surface area contributed by atoms with Gasteiger partial charge in [0.05, 0.1) is 0 Å². The molecule has 5 heteroatoms. The van der Waals surface area contributed by atoms with Crippen LogP contribution in [0.1, 0.15) is 24.8 Å². The lowest BCUT2D eigenvalue weighted by molar-refractivity contribution is -0.117. The molecule has 1 aromatic carbocycles. The van der Waals surface area contributed by atoms with Crippen LogP contribution in [0.2, 0.25) is 0 Å². The van der Waals surface area contributed by atoms with Crippen molar-refractivity contribution in [1.29, 1.82) is 0 Å². The highest BCUT2D eigenvalue weighted by Gasteiger charge is 2.22. The van der Waals surface area contributed by atoms with E-state index in [4.69, 9.17) is 5.53 Å². The summed E-state index contributed by atoms with van der Waals surface area (Å²) in [6.45, 7) is 0.125. The molecule has 2 rings (SSSR count). The predicted molar refractivity (Wildman–Crippen MR) is 72.7 cm³/mol. The Kier molecular flexibility index (Phi) is 4.34. The molecular formula is C14H15N3O2. The normalized spacial score (nSPS) is 21.2. The predicted octanol–water partition coefficient (Wildman–Crippen LogP) is 3.37. The van der Waals surface area contributed by atoms with Crippen molar-refractivity contribution < 1.29 is 9.90 Å². The first kappa shape index (κ1) is 13.3. The van der Waals surface area contributed by atoms with E-state index >= 15 is 0 Å². The number of allylic oxidation sites excluding steroid dienone is 1. The largest absolute Gasteiger partial charge is 0.396 e. The maximum atomic E-state index is 11.8. The van der Waals surface area contributed by atoms with Crippen molar-refractivity contribution in [3.8, 4) is 0 Å². The lowest BCUT2D eigenvalue weighted by Gasteiger charge is -2.21. The van der Waals surface area contributed by atoms with Gasteiger partial charge in [0, 0.05) is 23.6 Å². The molecule has 1 aliphatic carbocycles. The third-order valence-electron chi connectivity index (χ3n) is 3.30. The van der Waals surface area contributed by atoms with Crippen molar-refractivity contribution >= 4 is 17.5 Å². The number of azide groups is 1. The van der Waals surface area contributed by atoms with Crippen molar-refractivity contribution in [2.75, 3.05) is 6.61 Å². The molecule has 1 aromatic rings. The summed E-state index contributed by atoms with van der Waals surface area (Å²) in [5.74, 6) is 0.343. The standard InChI is InChI=1S/C14H15N3O2/c15-17-16-13-4-1-10(2-5-13)7-12-8-11(9-18)3-6-14(12)19/h1-2,4-5,7,11,18H,3,6,8-9H2/b12-7-. The number of carbonyl (C=O) groups excluding carboxylic acids is 1. The second-order valence-electron chi connectivity index (χ2n) is 4.67. The van der Waals surface area contributed by atoms with Crippen LogP contribution in [0.25, 0.3) is 16.5 Å². The smallest absolute Gasteiger partial charge is 0.158 e. The van der Waals surface area contributed by atoms with Gasteiger partial charge in [0.1, 0.15) is 0 Å². The van der Waals surface area contributed by atoms with Crippen LogP contribution < -0.4 is 0 Å². The van der Waals surface area contributed by atoms with E-state index in [-0.39, 0.29) is 18.3 Å². The highest BCUT2D eigenvalue weighted by Crippen LogP contribution is 2.27. The van der Waals surface area contributed by atoms with Gasteiger partial charge in [-0.2, -0.15) is 0 Å². The van der Waals surface area contributed by atoms with Gasteiger partial charge in [-0.3, -0.25) is 4.79 Å². The second kappa shape index (κ2) is 6.18. The van der Waals surface area contributed by atoms with Crippen molar-refractivity contribution in [3.05, 3.63) is 45.8 Å². The van der Waals surface area contributed by atoms with Crippen molar-refractivity contribution in [3.63, 3.8) is 0 Å². The topological polar surface area (TPSA) is 86.1 Å². The van der Waals surface area contributed by atoms with E-state index in [0.717, 1.165) is 17.6 Å². The highest BCUT2D eigenvalue weighted by atomic mass is 16.3. The van der Waals surface area contributed by atoms with Crippen molar-refractivity contribution in [1.82, 2.24) is 0 Å². The Morgan fingerprint density at radius 2 is 2.16 bits per heavy atom. The molecular weight excluding hydrogens is 242 g/mol.